The molecule has 13 nitrogen and oxygen atoms in total. The summed E-state index contributed by atoms with van der Waals surface area (Å²) >= 11 is 3.02. The topological polar surface area (TPSA) is 131 Å². The number of hydrogen-bond donors (Lipinski definition) is 0. The van der Waals surface area contributed by atoms with Crippen LogP contribution in [0.1, 0.15) is 69.2 Å². The molecule has 0 saturated heterocycles. The van der Waals surface area contributed by atoms with Crippen molar-refractivity contribution in [2.75, 3.05) is 28.8 Å². The predicted octanol–water partition coefficient (Wildman–Crippen LogP) is 6.11. The lowest BCUT2D eigenvalue weighted by atomic mass is 10.3. The van der Waals surface area contributed by atoms with E-state index < -0.39 is 0 Å². The van der Waals surface area contributed by atoms with Crippen LogP contribution in [-0.4, -0.2) is 65.4 Å². The first-order valence-corrected chi connectivity index (χ1v) is 17.7. The fourth-order valence-electron chi connectivity index (χ4n) is 5.93. The predicted molar refractivity (Wildman–Crippen MR) is 189 cm³/mol. The third kappa shape index (κ3) is 5.68. The molecule has 8 heterocycles. The van der Waals surface area contributed by atoms with Gasteiger partial charge in [0.1, 0.15) is 35.7 Å². The highest BCUT2D eigenvalue weighted by atomic mass is 32.1. The molecule has 0 radical (unpaired) electrons. The smallest absolute Gasteiger partial charge is 0.270 e. The van der Waals surface area contributed by atoms with Gasteiger partial charge in [-0.15, -0.1) is 43.1 Å². The van der Waals surface area contributed by atoms with Crippen molar-refractivity contribution in [2.24, 2.45) is 0 Å². The number of hydrogen-bond acceptors (Lipinski definition) is 11. The number of thiophene rings is 2. The summed E-state index contributed by atoms with van der Waals surface area (Å²) in [7, 11) is 3.98. The molecule has 2 amide bonds. The molecule has 49 heavy (non-hydrogen) atoms. The highest BCUT2D eigenvalue weighted by Gasteiger charge is 2.33. The average molecular weight is 692 g/mol. The number of pyridine rings is 2. The van der Waals surface area contributed by atoms with Crippen LogP contribution in [0.15, 0.2) is 66.6 Å². The molecule has 0 spiro atoms. The van der Waals surface area contributed by atoms with E-state index in [1.165, 1.54) is 22.7 Å². The average Bonchev–Trinajstić information content (AvgIpc) is 3.71. The van der Waals surface area contributed by atoms with E-state index in [0.29, 0.717) is 36.6 Å². The Morgan fingerprint density at radius 3 is 2.06 bits per heavy atom. The second-order valence-corrected chi connectivity index (χ2v) is 14.5. The van der Waals surface area contributed by atoms with E-state index in [2.05, 4.69) is 49.9 Å². The second kappa shape index (κ2) is 12.3. The SMILES string of the molecule is CC(C)n1cnnc1-c1cccc(N2Cc3ccsc3C2=O)n1.CN(C)c1cc2c(s1)C(=O)N(c1cccc(-c3nncn3C3CC3)n1)C2. The lowest BCUT2D eigenvalue weighted by Crippen LogP contribution is -2.24. The van der Waals surface area contributed by atoms with Gasteiger partial charge >= 0.3 is 0 Å². The molecule has 15 heteroatoms. The first-order chi connectivity index (χ1) is 23.8. The van der Waals surface area contributed by atoms with Gasteiger partial charge in [0.25, 0.3) is 11.8 Å². The summed E-state index contributed by atoms with van der Waals surface area (Å²) in [5.74, 6) is 2.83. The minimum absolute atomic E-state index is 0.0185. The first kappa shape index (κ1) is 31.0. The lowest BCUT2D eigenvalue weighted by molar-refractivity contribution is 0.0991. The van der Waals surface area contributed by atoms with E-state index >= 15 is 0 Å². The summed E-state index contributed by atoms with van der Waals surface area (Å²) in [5, 5.41) is 19.5. The highest BCUT2D eigenvalue weighted by Crippen LogP contribution is 2.39. The quantitative estimate of drug-likeness (QED) is 0.195. The summed E-state index contributed by atoms with van der Waals surface area (Å²) < 4.78 is 4.05. The van der Waals surface area contributed by atoms with Crippen molar-refractivity contribution >= 4 is 51.1 Å². The van der Waals surface area contributed by atoms with Crippen LogP contribution in [0.4, 0.5) is 16.6 Å². The van der Waals surface area contributed by atoms with E-state index in [-0.39, 0.29) is 17.9 Å². The van der Waals surface area contributed by atoms with Gasteiger partial charge in [-0.3, -0.25) is 19.4 Å². The molecule has 248 valence electrons. The van der Waals surface area contributed by atoms with Crippen molar-refractivity contribution in [3.8, 4) is 23.0 Å². The Bertz CT molecular complexity index is 2190. The number of amides is 2. The summed E-state index contributed by atoms with van der Waals surface area (Å²) in [6.07, 6.45) is 5.78. The normalized spacial score (nSPS) is 15.1. The molecule has 9 rings (SSSR count). The largest absolute Gasteiger partial charge is 0.370 e. The third-order valence-corrected chi connectivity index (χ3v) is 10.9. The number of anilines is 3. The van der Waals surface area contributed by atoms with Gasteiger partial charge in [-0.05, 0) is 79.6 Å². The second-order valence-electron chi connectivity index (χ2n) is 12.6. The Balaban J connectivity index is 0.000000143. The van der Waals surface area contributed by atoms with E-state index in [1.807, 2.05) is 71.4 Å². The fourth-order valence-corrected chi connectivity index (χ4v) is 7.83. The summed E-state index contributed by atoms with van der Waals surface area (Å²) in [6.45, 7) is 5.27. The summed E-state index contributed by atoms with van der Waals surface area (Å²) in [6, 6.07) is 16.2. The van der Waals surface area contributed by atoms with Gasteiger partial charge in [-0.25, -0.2) is 9.97 Å². The molecule has 0 N–H and O–H groups in total. The first-order valence-electron chi connectivity index (χ1n) is 16.0. The highest BCUT2D eigenvalue weighted by molar-refractivity contribution is 7.18. The molecule has 0 atom stereocenters. The van der Waals surface area contributed by atoms with Gasteiger partial charge in [0.15, 0.2) is 11.6 Å². The third-order valence-electron chi connectivity index (χ3n) is 8.64. The van der Waals surface area contributed by atoms with Crippen LogP contribution < -0.4 is 14.7 Å². The Hall–Kier alpha value is -5.28. The Morgan fingerprint density at radius 1 is 0.796 bits per heavy atom. The van der Waals surface area contributed by atoms with Crippen molar-refractivity contribution in [1.29, 1.82) is 0 Å². The molecule has 6 aromatic heterocycles. The molecule has 1 saturated carbocycles. The molecule has 1 aliphatic carbocycles. The van der Waals surface area contributed by atoms with Crippen LogP contribution in [0.3, 0.4) is 0 Å². The van der Waals surface area contributed by atoms with Crippen molar-refractivity contribution < 1.29 is 9.59 Å². The maximum Gasteiger partial charge on any atom is 0.270 e. The van der Waals surface area contributed by atoms with Crippen LogP contribution >= 0.6 is 22.7 Å². The Morgan fingerprint density at radius 2 is 1.43 bits per heavy atom. The van der Waals surface area contributed by atoms with Crippen molar-refractivity contribution in [3.63, 3.8) is 0 Å². The maximum atomic E-state index is 12.9. The molecule has 1 fully saturated rings. The lowest BCUT2D eigenvalue weighted by Gasteiger charge is -2.16. The van der Waals surface area contributed by atoms with Crippen LogP contribution in [0.5, 0.6) is 0 Å². The molecule has 6 aromatic rings. The molecular weight excluding hydrogens is 659 g/mol. The van der Waals surface area contributed by atoms with Crippen molar-refractivity contribution in [1.82, 2.24) is 39.5 Å². The van der Waals surface area contributed by atoms with Crippen LogP contribution in [0, 0.1) is 0 Å². The van der Waals surface area contributed by atoms with E-state index in [4.69, 9.17) is 4.98 Å². The minimum atomic E-state index is 0.0185. The molecule has 3 aliphatic rings. The molecule has 0 unspecified atom stereocenters. The Kier molecular flexibility index (Phi) is 7.79. The van der Waals surface area contributed by atoms with E-state index in [0.717, 1.165) is 55.9 Å². The minimum Gasteiger partial charge on any atom is -0.370 e. The fraction of sp³-hybridized carbons (Fsp3) is 0.294. The molecular formula is C34H33N11O2S2. The van der Waals surface area contributed by atoms with Crippen LogP contribution in [0.2, 0.25) is 0 Å². The maximum absolute atomic E-state index is 12.9. The van der Waals surface area contributed by atoms with Gasteiger partial charge in [0.05, 0.1) is 27.8 Å². The molecule has 0 aromatic carbocycles. The van der Waals surface area contributed by atoms with Gasteiger partial charge in [-0.2, -0.15) is 0 Å². The number of fused-ring (bicyclic) bond motifs is 2. The number of rotatable bonds is 7. The Labute approximate surface area is 290 Å². The van der Waals surface area contributed by atoms with E-state index in [9.17, 15) is 9.59 Å². The zero-order chi connectivity index (χ0) is 33.8. The van der Waals surface area contributed by atoms with Crippen molar-refractivity contribution in [2.45, 2.75) is 51.9 Å². The zero-order valence-electron chi connectivity index (χ0n) is 27.4. The van der Waals surface area contributed by atoms with Gasteiger partial charge in [0, 0.05) is 26.2 Å². The number of aromatic nitrogens is 8. The standard InChI is InChI=1S/C18H18N6OS.C16H15N5OS/c1-22(2)15-8-11-9-23(18(25)16(11)26-15)14-5-3-4-13(20-14)17-21-19-10-24(17)12-6-7-12;1-10(2)21-9-17-19-15(21)12-4-3-5-13(18-12)20-8-11-6-7-23-14(11)16(20)22/h3-5,8,10,12H,6-7,9H2,1-2H3;3-7,9-10H,8H2,1-2H3. The monoisotopic (exact) mass is 691 g/mol. The summed E-state index contributed by atoms with van der Waals surface area (Å²) in [4.78, 5) is 41.8. The van der Waals surface area contributed by atoms with Gasteiger partial charge in [0.2, 0.25) is 0 Å². The van der Waals surface area contributed by atoms with Crippen LogP contribution in [0.25, 0.3) is 23.0 Å². The van der Waals surface area contributed by atoms with Gasteiger partial charge in [-0.1, -0.05) is 12.1 Å². The zero-order valence-corrected chi connectivity index (χ0v) is 29.0. The number of carbonyl (C=O) groups is 2. The summed E-state index contributed by atoms with van der Waals surface area (Å²) in [5.41, 5.74) is 3.61. The number of nitrogens with zero attached hydrogens (tertiary/aromatic N) is 11. The molecule has 2 aliphatic heterocycles. The van der Waals surface area contributed by atoms with Crippen molar-refractivity contribution in [3.05, 3.63) is 87.4 Å². The van der Waals surface area contributed by atoms with E-state index in [1.54, 1.807) is 22.5 Å². The molecule has 0 bridgehead atoms. The van der Waals surface area contributed by atoms with Crippen LogP contribution in [-0.2, 0) is 13.1 Å². The number of carbonyl (C=O) groups excluding carboxylic acids is 2. The van der Waals surface area contributed by atoms with Gasteiger partial charge < -0.3 is 14.0 Å².